The number of anilines is 1. The van der Waals surface area contributed by atoms with Crippen LogP contribution in [0.25, 0.3) is 0 Å². The van der Waals surface area contributed by atoms with Crippen molar-refractivity contribution in [1.29, 1.82) is 0 Å². The fourth-order valence-electron chi connectivity index (χ4n) is 3.38. The molecule has 0 spiro atoms. The molecular formula is C18H21Cl2N3O3. The van der Waals surface area contributed by atoms with Crippen molar-refractivity contribution in [3.05, 3.63) is 28.2 Å². The Bertz CT molecular complexity index is 747. The molecule has 6 nitrogen and oxygen atoms in total. The highest BCUT2D eigenvalue weighted by Crippen LogP contribution is 2.28. The third kappa shape index (κ3) is 3.96. The number of piperazine rings is 1. The Balaban J connectivity index is 1.51. The lowest BCUT2D eigenvalue weighted by atomic mass is 9.92. The van der Waals surface area contributed by atoms with Gasteiger partial charge in [-0.3, -0.25) is 14.4 Å². The van der Waals surface area contributed by atoms with E-state index in [1.165, 1.54) is 0 Å². The highest BCUT2D eigenvalue weighted by molar-refractivity contribution is 6.42. The van der Waals surface area contributed by atoms with Gasteiger partial charge in [-0.25, -0.2) is 0 Å². The minimum Gasteiger partial charge on any atom is -0.368 e. The van der Waals surface area contributed by atoms with Crippen LogP contribution in [0.15, 0.2) is 18.2 Å². The molecule has 2 fully saturated rings. The summed E-state index contributed by atoms with van der Waals surface area (Å²) in [6.45, 7) is 4.31. The number of halogens is 2. The van der Waals surface area contributed by atoms with Crippen LogP contribution in [0.3, 0.4) is 0 Å². The Labute approximate surface area is 162 Å². The maximum atomic E-state index is 12.5. The number of hydrogen-bond donors (Lipinski definition) is 1. The van der Waals surface area contributed by atoms with Crippen molar-refractivity contribution in [2.24, 2.45) is 0 Å². The second-order valence-corrected chi connectivity index (χ2v) is 7.76. The van der Waals surface area contributed by atoms with Gasteiger partial charge in [-0.05, 0) is 31.5 Å². The predicted molar refractivity (Wildman–Crippen MR) is 101 cm³/mol. The first-order valence-electron chi connectivity index (χ1n) is 8.60. The third-order valence-corrected chi connectivity index (χ3v) is 5.83. The van der Waals surface area contributed by atoms with Crippen LogP contribution < -0.4 is 10.2 Å². The van der Waals surface area contributed by atoms with Crippen LogP contribution >= 0.6 is 23.2 Å². The number of ketones is 1. The molecule has 2 aliphatic rings. The molecule has 26 heavy (non-hydrogen) atoms. The summed E-state index contributed by atoms with van der Waals surface area (Å²) in [5.41, 5.74) is 0.0764. The zero-order valence-electron chi connectivity index (χ0n) is 14.6. The number of carbonyl (C=O) groups excluding carboxylic acids is 3. The minimum atomic E-state index is -0.908. The molecule has 0 aliphatic carbocycles. The van der Waals surface area contributed by atoms with Gasteiger partial charge in [0.1, 0.15) is 0 Å². The molecule has 1 unspecified atom stereocenters. The van der Waals surface area contributed by atoms with E-state index in [0.717, 1.165) is 5.69 Å². The first-order chi connectivity index (χ1) is 12.3. The van der Waals surface area contributed by atoms with Gasteiger partial charge in [0.15, 0.2) is 5.78 Å². The number of nitrogens with zero attached hydrogens (tertiary/aromatic N) is 2. The second-order valence-electron chi connectivity index (χ2n) is 6.95. The first kappa shape index (κ1) is 19.0. The summed E-state index contributed by atoms with van der Waals surface area (Å²) in [5.74, 6) is -0.395. The van der Waals surface area contributed by atoms with Crippen molar-refractivity contribution in [1.82, 2.24) is 10.2 Å². The average molecular weight is 398 g/mol. The van der Waals surface area contributed by atoms with Gasteiger partial charge in [0.25, 0.3) is 0 Å². The number of nitrogens with one attached hydrogen (secondary N) is 1. The quantitative estimate of drug-likeness (QED) is 0.791. The topological polar surface area (TPSA) is 69.7 Å². The van der Waals surface area contributed by atoms with Gasteiger partial charge >= 0.3 is 0 Å². The average Bonchev–Trinajstić information content (AvgIpc) is 2.87. The lowest BCUT2D eigenvalue weighted by Crippen LogP contribution is -2.50. The maximum Gasteiger partial charge on any atom is 0.228 e. The number of rotatable bonds is 4. The van der Waals surface area contributed by atoms with E-state index in [4.69, 9.17) is 23.2 Å². The normalized spacial score (nSPS) is 23.3. The van der Waals surface area contributed by atoms with Crippen LogP contribution in [0, 0.1) is 0 Å². The molecule has 0 radical (unpaired) electrons. The predicted octanol–water partition coefficient (Wildman–Crippen LogP) is 2.27. The Hall–Kier alpha value is -1.79. The molecule has 1 atom stereocenters. The van der Waals surface area contributed by atoms with Crippen LogP contribution in [-0.4, -0.2) is 54.2 Å². The van der Waals surface area contributed by atoms with E-state index >= 15 is 0 Å². The van der Waals surface area contributed by atoms with E-state index in [1.54, 1.807) is 17.9 Å². The number of amides is 2. The SMILES string of the molecule is CC1(CCC(=O)N2CCN(c3ccc(Cl)c(Cl)c3)CC2)NC(=O)CC1=O. The molecule has 0 saturated carbocycles. The van der Waals surface area contributed by atoms with Gasteiger partial charge in [-0.2, -0.15) is 0 Å². The van der Waals surface area contributed by atoms with Crippen molar-refractivity contribution in [2.75, 3.05) is 31.1 Å². The Morgan fingerprint density at radius 2 is 1.85 bits per heavy atom. The molecule has 0 aromatic heterocycles. The number of carbonyl (C=O) groups is 3. The summed E-state index contributed by atoms with van der Waals surface area (Å²) < 4.78 is 0. The lowest BCUT2D eigenvalue weighted by molar-refractivity contribution is -0.132. The van der Waals surface area contributed by atoms with E-state index in [0.29, 0.717) is 42.6 Å². The van der Waals surface area contributed by atoms with E-state index in [9.17, 15) is 14.4 Å². The third-order valence-electron chi connectivity index (χ3n) is 5.09. The van der Waals surface area contributed by atoms with Crippen molar-refractivity contribution in [3.8, 4) is 0 Å². The van der Waals surface area contributed by atoms with Crippen LogP contribution in [0.5, 0.6) is 0 Å². The Kier molecular flexibility index (Phi) is 5.44. The maximum absolute atomic E-state index is 12.5. The molecule has 0 bridgehead atoms. The number of hydrogen-bond acceptors (Lipinski definition) is 4. The zero-order valence-corrected chi connectivity index (χ0v) is 16.1. The summed E-state index contributed by atoms with van der Waals surface area (Å²) in [7, 11) is 0. The monoisotopic (exact) mass is 397 g/mol. The van der Waals surface area contributed by atoms with E-state index in [-0.39, 0.29) is 30.4 Å². The molecule has 3 rings (SSSR count). The molecule has 2 amide bonds. The lowest BCUT2D eigenvalue weighted by Gasteiger charge is -2.36. The largest absolute Gasteiger partial charge is 0.368 e. The smallest absolute Gasteiger partial charge is 0.228 e. The summed E-state index contributed by atoms with van der Waals surface area (Å²) in [5, 5.41) is 3.72. The van der Waals surface area contributed by atoms with Gasteiger partial charge in [0, 0.05) is 38.3 Å². The van der Waals surface area contributed by atoms with Crippen molar-refractivity contribution >= 4 is 46.5 Å². The van der Waals surface area contributed by atoms with E-state index in [2.05, 4.69) is 10.2 Å². The summed E-state index contributed by atoms with van der Waals surface area (Å²) in [6.07, 6.45) is 0.492. The zero-order chi connectivity index (χ0) is 18.9. The first-order valence-corrected chi connectivity index (χ1v) is 9.36. The molecule has 2 heterocycles. The summed E-state index contributed by atoms with van der Waals surface area (Å²) in [4.78, 5) is 39.7. The van der Waals surface area contributed by atoms with Crippen LogP contribution in [-0.2, 0) is 14.4 Å². The molecule has 2 aliphatic heterocycles. The Morgan fingerprint density at radius 3 is 2.42 bits per heavy atom. The standard InChI is InChI=1S/C18H21Cl2N3O3/c1-18(15(24)11-16(25)21-18)5-4-17(26)23-8-6-22(7-9-23)12-2-3-13(19)14(20)10-12/h2-3,10H,4-9,11H2,1H3,(H,21,25). The summed E-state index contributed by atoms with van der Waals surface area (Å²) in [6, 6.07) is 5.52. The van der Waals surface area contributed by atoms with Crippen LogP contribution in [0.4, 0.5) is 5.69 Å². The molecule has 8 heteroatoms. The highest BCUT2D eigenvalue weighted by Gasteiger charge is 2.41. The van der Waals surface area contributed by atoms with Gasteiger partial charge in [-0.15, -0.1) is 0 Å². The van der Waals surface area contributed by atoms with Crippen LogP contribution in [0.2, 0.25) is 10.0 Å². The molecule has 1 aromatic carbocycles. The fourth-order valence-corrected chi connectivity index (χ4v) is 3.67. The van der Waals surface area contributed by atoms with Crippen molar-refractivity contribution in [2.45, 2.75) is 31.7 Å². The van der Waals surface area contributed by atoms with Crippen molar-refractivity contribution < 1.29 is 14.4 Å². The molecule has 2 saturated heterocycles. The highest BCUT2D eigenvalue weighted by atomic mass is 35.5. The van der Waals surface area contributed by atoms with Gasteiger partial charge in [0.2, 0.25) is 11.8 Å². The van der Waals surface area contributed by atoms with E-state index < -0.39 is 5.54 Å². The molecular weight excluding hydrogens is 377 g/mol. The molecule has 140 valence electrons. The summed E-state index contributed by atoms with van der Waals surface area (Å²) >= 11 is 12.0. The van der Waals surface area contributed by atoms with E-state index in [1.807, 2.05) is 12.1 Å². The number of benzene rings is 1. The van der Waals surface area contributed by atoms with Gasteiger partial charge in [0.05, 0.1) is 22.0 Å². The van der Waals surface area contributed by atoms with Gasteiger partial charge < -0.3 is 15.1 Å². The number of Topliss-reactive ketones (excluding diaryl/α,β-unsaturated/α-hetero) is 1. The second kappa shape index (κ2) is 7.45. The minimum absolute atomic E-state index is 0.00830. The molecule has 1 aromatic rings. The van der Waals surface area contributed by atoms with Crippen molar-refractivity contribution in [3.63, 3.8) is 0 Å². The molecule has 1 N–H and O–H groups in total. The van der Waals surface area contributed by atoms with Crippen LogP contribution in [0.1, 0.15) is 26.2 Å². The van der Waals surface area contributed by atoms with Gasteiger partial charge in [-0.1, -0.05) is 23.2 Å². The fraction of sp³-hybridized carbons (Fsp3) is 0.500. The Morgan fingerprint density at radius 1 is 1.15 bits per heavy atom.